The minimum atomic E-state index is -0.320. The molecule has 0 spiro atoms. The molecule has 1 aliphatic rings. The van der Waals surface area contributed by atoms with Gasteiger partial charge in [0.05, 0.1) is 12.7 Å². The molecule has 6 heteroatoms. The van der Waals surface area contributed by atoms with Crippen molar-refractivity contribution in [3.8, 4) is 5.75 Å². The van der Waals surface area contributed by atoms with Crippen molar-refractivity contribution in [1.82, 2.24) is 4.90 Å². The van der Waals surface area contributed by atoms with Gasteiger partial charge in [-0.25, -0.2) is 0 Å². The van der Waals surface area contributed by atoms with Gasteiger partial charge < -0.3 is 10.1 Å². The molecule has 2 amide bonds. The van der Waals surface area contributed by atoms with E-state index in [1.54, 1.807) is 43.5 Å². The topological polar surface area (TPSA) is 58.6 Å². The summed E-state index contributed by atoms with van der Waals surface area (Å²) in [5, 5.41) is 3.79. The first-order valence-electron chi connectivity index (χ1n) is 9.10. The molecule has 2 aromatic rings. The molecule has 0 saturated heterocycles. The molecule has 0 unspecified atom stereocenters. The van der Waals surface area contributed by atoms with E-state index >= 15 is 0 Å². The Bertz CT molecular complexity index is 949. The largest absolute Gasteiger partial charge is 0.497 e. The first kappa shape index (κ1) is 20.0. The summed E-state index contributed by atoms with van der Waals surface area (Å²) in [5.74, 6) is 0.238. The third kappa shape index (κ3) is 3.90. The number of nitrogens with zero attached hydrogens (tertiary/aromatic N) is 1. The Balaban J connectivity index is 2.07. The number of nitrogens with one attached hydrogen (secondary N) is 1. The lowest BCUT2D eigenvalue weighted by Crippen LogP contribution is -2.35. The summed E-state index contributed by atoms with van der Waals surface area (Å²) in [5.41, 5.74) is 2.93. The minimum Gasteiger partial charge on any atom is -0.497 e. The maximum Gasteiger partial charge on any atom is 0.278 e. The smallest absolute Gasteiger partial charge is 0.278 e. The molecule has 2 aromatic carbocycles. The highest BCUT2D eigenvalue weighted by Crippen LogP contribution is 2.33. The van der Waals surface area contributed by atoms with E-state index < -0.39 is 0 Å². The Morgan fingerprint density at radius 1 is 1.07 bits per heavy atom. The van der Waals surface area contributed by atoms with Crippen molar-refractivity contribution in [1.29, 1.82) is 0 Å². The van der Waals surface area contributed by atoms with Gasteiger partial charge in [0.25, 0.3) is 11.8 Å². The van der Waals surface area contributed by atoms with Crippen LogP contribution in [0.3, 0.4) is 0 Å². The number of amides is 2. The molecule has 1 heterocycles. The van der Waals surface area contributed by atoms with Gasteiger partial charge >= 0.3 is 0 Å². The van der Waals surface area contributed by atoms with Crippen LogP contribution in [0, 0.1) is 12.8 Å². The van der Waals surface area contributed by atoms with Gasteiger partial charge in [0.1, 0.15) is 11.4 Å². The zero-order valence-electron chi connectivity index (χ0n) is 16.4. The minimum absolute atomic E-state index is 0.168. The number of rotatable bonds is 6. The van der Waals surface area contributed by atoms with Crippen molar-refractivity contribution < 1.29 is 14.3 Å². The standard InChI is InChI=1S/C22H23ClN2O3/c1-13(2)12-25-21(26)19(15-5-8-17(28-4)9-6-15)20(22(25)27)24-18-10-7-16(23)11-14(18)3/h5-11,13,24H,12H2,1-4H3. The number of benzene rings is 2. The molecular weight excluding hydrogens is 376 g/mol. The normalized spacial score (nSPS) is 14.3. The fourth-order valence-electron chi connectivity index (χ4n) is 3.15. The number of hydrogen-bond acceptors (Lipinski definition) is 4. The highest BCUT2D eigenvalue weighted by molar-refractivity contribution is 6.36. The van der Waals surface area contributed by atoms with Crippen molar-refractivity contribution >= 4 is 34.7 Å². The lowest BCUT2D eigenvalue weighted by molar-refractivity contribution is -0.137. The number of imide groups is 1. The van der Waals surface area contributed by atoms with Crippen LogP contribution >= 0.6 is 11.6 Å². The third-order valence-electron chi connectivity index (χ3n) is 4.54. The number of halogens is 1. The Kier molecular flexibility index (Phi) is 5.75. The predicted octanol–water partition coefficient (Wildman–Crippen LogP) is 4.51. The lowest BCUT2D eigenvalue weighted by Gasteiger charge is -2.17. The summed E-state index contributed by atoms with van der Waals surface area (Å²) in [4.78, 5) is 27.5. The van der Waals surface area contributed by atoms with E-state index in [-0.39, 0.29) is 23.4 Å². The summed E-state index contributed by atoms with van der Waals surface area (Å²) >= 11 is 6.04. The molecule has 0 aliphatic carbocycles. The second-order valence-corrected chi connectivity index (χ2v) is 7.61. The molecule has 5 nitrogen and oxygen atoms in total. The van der Waals surface area contributed by atoms with Gasteiger partial charge in [-0.3, -0.25) is 14.5 Å². The summed E-state index contributed by atoms with van der Waals surface area (Å²) < 4.78 is 5.20. The number of aryl methyl sites for hydroxylation is 1. The fraction of sp³-hybridized carbons (Fsp3) is 0.273. The Hall–Kier alpha value is -2.79. The van der Waals surface area contributed by atoms with Gasteiger partial charge in [-0.05, 0) is 54.3 Å². The Labute approximate surface area is 169 Å². The summed E-state index contributed by atoms with van der Waals surface area (Å²) in [6, 6.07) is 12.5. The molecule has 1 aliphatic heterocycles. The summed E-state index contributed by atoms with van der Waals surface area (Å²) in [6.07, 6.45) is 0. The SMILES string of the molecule is COc1ccc(C2=C(Nc3ccc(Cl)cc3C)C(=O)N(CC(C)C)C2=O)cc1. The number of carbonyl (C=O) groups excluding carboxylic acids is 2. The zero-order chi connectivity index (χ0) is 20.4. The zero-order valence-corrected chi connectivity index (χ0v) is 17.1. The van der Waals surface area contributed by atoms with Gasteiger partial charge in [-0.2, -0.15) is 0 Å². The van der Waals surface area contributed by atoms with Gasteiger partial charge in [0.15, 0.2) is 0 Å². The van der Waals surface area contributed by atoms with Crippen LogP contribution in [-0.4, -0.2) is 30.4 Å². The Morgan fingerprint density at radius 2 is 1.75 bits per heavy atom. The van der Waals surface area contributed by atoms with Crippen molar-refractivity contribution in [2.75, 3.05) is 19.0 Å². The maximum absolute atomic E-state index is 13.1. The van der Waals surface area contributed by atoms with Crippen LogP contribution in [0.15, 0.2) is 48.2 Å². The molecule has 0 bridgehead atoms. The van der Waals surface area contributed by atoms with Crippen molar-refractivity contribution in [3.05, 3.63) is 64.3 Å². The Morgan fingerprint density at radius 3 is 2.32 bits per heavy atom. The summed E-state index contributed by atoms with van der Waals surface area (Å²) in [7, 11) is 1.58. The van der Waals surface area contributed by atoms with E-state index in [2.05, 4.69) is 5.32 Å². The van der Waals surface area contributed by atoms with Crippen LogP contribution in [-0.2, 0) is 9.59 Å². The van der Waals surface area contributed by atoms with Crippen molar-refractivity contribution in [3.63, 3.8) is 0 Å². The number of methoxy groups -OCH3 is 1. The van der Waals surface area contributed by atoms with Gasteiger partial charge in [0, 0.05) is 17.3 Å². The molecule has 28 heavy (non-hydrogen) atoms. The number of hydrogen-bond donors (Lipinski definition) is 1. The molecule has 0 fully saturated rings. The summed E-state index contributed by atoms with van der Waals surface area (Å²) in [6.45, 7) is 6.21. The monoisotopic (exact) mass is 398 g/mol. The average molecular weight is 399 g/mol. The first-order chi connectivity index (χ1) is 13.3. The van der Waals surface area contributed by atoms with E-state index in [9.17, 15) is 9.59 Å². The average Bonchev–Trinajstić information content (AvgIpc) is 2.88. The van der Waals surface area contributed by atoms with Crippen LogP contribution in [0.25, 0.3) is 5.57 Å². The van der Waals surface area contributed by atoms with Gasteiger partial charge in [-0.15, -0.1) is 0 Å². The predicted molar refractivity (Wildman–Crippen MR) is 111 cm³/mol. The van der Waals surface area contributed by atoms with Crippen LogP contribution in [0.5, 0.6) is 5.75 Å². The number of anilines is 1. The van der Waals surface area contributed by atoms with Crippen molar-refractivity contribution in [2.45, 2.75) is 20.8 Å². The van der Waals surface area contributed by atoms with Crippen LogP contribution < -0.4 is 10.1 Å². The second-order valence-electron chi connectivity index (χ2n) is 7.18. The highest BCUT2D eigenvalue weighted by atomic mass is 35.5. The molecular formula is C22H23ClN2O3. The van der Waals surface area contributed by atoms with Crippen LogP contribution in [0.4, 0.5) is 5.69 Å². The molecule has 3 rings (SSSR count). The highest BCUT2D eigenvalue weighted by Gasteiger charge is 2.39. The number of ether oxygens (including phenoxy) is 1. The van der Waals surface area contributed by atoms with E-state index in [4.69, 9.17) is 16.3 Å². The molecule has 146 valence electrons. The van der Waals surface area contributed by atoms with Crippen molar-refractivity contribution in [2.24, 2.45) is 5.92 Å². The molecule has 0 radical (unpaired) electrons. The molecule has 1 N–H and O–H groups in total. The van der Waals surface area contributed by atoms with E-state index in [1.165, 1.54) is 4.90 Å². The van der Waals surface area contributed by atoms with E-state index in [0.717, 1.165) is 11.3 Å². The third-order valence-corrected chi connectivity index (χ3v) is 4.78. The van der Waals surface area contributed by atoms with E-state index in [0.29, 0.717) is 28.5 Å². The molecule has 0 atom stereocenters. The fourth-order valence-corrected chi connectivity index (χ4v) is 3.38. The number of carbonyl (C=O) groups is 2. The maximum atomic E-state index is 13.1. The van der Waals surface area contributed by atoms with Crippen LogP contribution in [0.2, 0.25) is 5.02 Å². The van der Waals surface area contributed by atoms with Crippen LogP contribution in [0.1, 0.15) is 25.0 Å². The second kappa shape index (κ2) is 8.07. The molecule has 0 saturated carbocycles. The first-order valence-corrected chi connectivity index (χ1v) is 9.47. The quantitative estimate of drug-likeness (QED) is 0.727. The lowest BCUT2D eigenvalue weighted by atomic mass is 10.0. The van der Waals surface area contributed by atoms with E-state index in [1.807, 2.05) is 26.8 Å². The molecule has 0 aromatic heterocycles. The van der Waals surface area contributed by atoms with Gasteiger partial charge in [0.2, 0.25) is 0 Å². The van der Waals surface area contributed by atoms with Gasteiger partial charge in [-0.1, -0.05) is 37.6 Å².